The van der Waals surface area contributed by atoms with E-state index in [0.29, 0.717) is 10.9 Å². The molecule has 0 radical (unpaired) electrons. The first-order chi connectivity index (χ1) is 11.1. The van der Waals surface area contributed by atoms with Gasteiger partial charge in [-0.3, -0.25) is 4.79 Å². The predicted octanol–water partition coefficient (Wildman–Crippen LogP) is 1.83. The van der Waals surface area contributed by atoms with Crippen LogP contribution < -0.4 is 5.11 Å². The van der Waals surface area contributed by atoms with Gasteiger partial charge in [-0.1, -0.05) is 38.3 Å². The van der Waals surface area contributed by atoms with Crippen molar-refractivity contribution in [1.29, 1.82) is 0 Å². The summed E-state index contributed by atoms with van der Waals surface area (Å²) in [6, 6.07) is 0. The Labute approximate surface area is 146 Å². The average Bonchev–Trinajstić information content (AvgIpc) is 2.42. The average molecular weight is 341 g/mol. The van der Waals surface area contributed by atoms with E-state index >= 15 is 0 Å². The van der Waals surface area contributed by atoms with Crippen LogP contribution in [-0.2, 0) is 9.59 Å². The Morgan fingerprint density at radius 2 is 1.62 bits per heavy atom. The molecular weight excluding hydrogens is 306 g/mol. The molecule has 0 aliphatic carbocycles. The molecule has 1 unspecified atom stereocenters. The van der Waals surface area contributed by atoms with Gasteiger partial charge in [0.05, 0.1) is 21.1 Å². The number of aliphatic carboxylic acids is 1. The Morgan fingerprint density at radius 3 is 2.12 bits per heavy atom. The minimum absolute atomic E-state index is 0.0694. The molecule has 24 heavy (non-hydrogen) atoms. The van der Waals surface area contributed by atoms with Gasteiger partial charge in [-0.15, -0.1) is 0 Å². The zero-order valence-electron chi connectivity index (χ0n) is 15.8. The van der Waals surface area contributed by atoms with Crippen molar-refractivity contribution in [3.05, 3.63) is 12.2 Å². The van der Waals surface area contributed by atoms with Gasteiger partial charge in [0.1, 0.15) is 6.54 Å². The molecule has 0 saturated heterocycles. The highest BCUT2D eigenvalue weighted by molar-refractivity contribution is 5.90. The van der Waals surface area contributed by atoms with Crippen LogP contribution >= 0.6 is 0 Å². The Morgan fingerprint density at radius 1 is 1.04 bits per heavy atom. The zero-order valence-corrected chi connectivity index (χ0v) is 15.8. The summed E-state index contributed by atoms with van der Waals surface area (Å²) in [5, 5.41) is 21.4. The number of rotatable bonds is 14. The van der Waals surface area contributed by atoms with Crippen LogP contribution in [0.15, 0.2) is 12.2 Å². The third-order valence-electron chi connectivity index (χ3n) is 3.86. The molecule has 0 amide bonds. The molecule has 0 aromatic heterocycles. The first-order valence-electron chi connectivity index (χ1n) is 9.01. The van der Waals surface area contributed by atoms with E-state index in [2.05, 4.69) is 19.1 Å². The summed E-state index contributed by atoms with van der Waals surface area (Å²) < 4.78 is 0.318. The third kappa shape index (κ3) is 11.4. The molecule has 0 aliphatic rings. The SMILES string of the molecule is CCCCC=CCCCCCC(=O)C(O)(CC(=O)[O-])C[N+](C)(C)C. The lowest BCUT2D eigenvalue weighted by molar-refractivity contribution is -0.875. The fourth-order valence-corrected chi connectivity index (χ4v) is 2.78. The van der Waals surface area contributed by atoms with Crippen molar-refractivity contribution in [2.75, 3.05) is 27.7 Å². The minimum atomic E-state index is -1.84. The summed E-state index contributed by atoms with van der Waals surface area (Å²) in [5.41, 5.74) is -1.84. The zero-order chi connectivity index (χ0) is 18.6. The molecule has 5 heteroatoms. The minimum Gasteiger partial charge on any atom is -0.550 e. The summed E-state index contributed by atoms with van der Waals surface area (Å²) in [4.78, 5) is 23.2. The van der Waals surface area contributed by atoms with Gasteiger partial charge >= 0.3 is 0 Å². The summed E-state index contributed by atoms with van der Waals surface area (Å²) >= 11 is 0. The second-order valence-corrected chi connectivity index (χ2v) is 7.66. The fraction of sp³-hybridized carbons (Fsp3) is 0.789. The number of carboxylic acid groups (broad SMARTS) is 1. The summed E-state index contributed by atoms with van der Waals surface area (Å²) in [5.74, 6) is -1.78. The van der Waals surface area contributed by atoms with Gasteiger partial charge in [0.2, 0.25) is 0 Å². The number of aliphatic hydroxyl groups is 1. The smallest absolute Gasteiger partial charge is 0.177 e. The lowest BCUT2D eigenvalue weighted by Gasteiger charge is -2.34. The van der Waals surface area contributed by atoms with Crippen molar-refractivity contribution < 1.29 is 24.3 Å². The molecule has 140 valence electrons. The van der Waals surface area contributed by atoms with E-state index in [1.54, 1.807) is 0 Å². The van der Waals surface area contributed by atoms with Crippen molar-refractivity contribution in [2.45, 2.75) is 70.3 Å². The predicted molar refractivity (Wildman–Crippen MR) is 94.2 cm³/mol. The van der Waals surface area contributed by atoms with Crippen molar-refractivity contribution >= 4 is 11.8 Å². The van der Waals surface area contributed by atoms with Crippen LogP contribution in [0.4, 0.5) is 0 Å². The van der Waals surface area contributed by atoms with E-state index in [9.17, 15) is 19.8 Å². The summed E-state index contributed by atoms with van der Waals surface area (Å²) in [6.45, 7) is 2.24. The topological polar surface area (TPSA) is 77.4 Å². The molecule has 0 aromatic carbocycles. The number of ketones is 1. The van der Waals surface area contributed by atoms with Gasteiger partial charge in [0.25, 0.3) is 0 Å². The van der Waals surface area contributed by atoms with Gasteiger partial charge in [0.15, 0.2) is 11.4 Å². The van der Waals surface area contributed by atoms with Gasteiger partial charge in [-0.2, -0.15) is 0 Å². The molecule has 0 bridgehead atoms. The largest absolute Gasteiger partial charge is 0.550 e. The highest BCUT2D eigenvalue weighted by Gasteiger charge is 2.40. The standard InChI is InChI=1S/C19H35NO4/c1-5-6-7-8-9-10-11-12-13-14-17(21)19(24,15-18(22)23)16-20(2,3)4/h8-9,24H,5-7,10-16H2,1-4H3. The van der Waals surface area contributed by atoms with E-state index in [4.69, 9.17) is 0 Å². The number of hydrogen-bond donors (Lipinski definition) is 1. The first-order valence-corrected chi connectivity index (χ1v) is 9.01. The normalized spacial score (nSPS) is 14.7. The molecule has 0 fully saturated rings. The van der Waals surface area contributed by atoms with E-state index in [0.717, 1.165) is 25.7 Å². The van der Waals surface area contributed by atoms with Crippen LogP contribution in [0.3, 0.4) is 0 Å². The lowest BCUT2D eigenvalue weighted by atomic mass is 9.89. The van der Waals surface area contributed by atoms with Crippen LogP contribution in [0.5, 0.6) is 0 Å². The number of quaternary nitrogens is 1. The van der Waals surface area contributed by atoms with Gasteiger partial charge in [0, 0.05) is 18.8 Å². The number of allylic oxidation sites excluding steroid dienone is 2. The van der Waals surface area contributed by atoms with Crippen molar-refractivity contribution in [3.63, 3.8) is 0 Å². The molecular formula is C19H35NO4. The highest BCUT2D eigenvalue weighted by Crippen LogP contribution is 2.19. The lowest BCUT2D eigenvalue weighted by Crippen LogP contribution is -2.56. The number of nitrogens with zero attached hydrogens (tertiary/aromatic N) is 1. The van der Waals surface area contributed by atoms with Crippen molar-refractivity contribution in [1.82, 2.24) is 0 Å². The van der Waals surface area contributed by atoms with E-state index in [1.165, 1.54) is 12.8 Å². The number of unbranched alkanes of at least 4 members (excludes halogenated alkanes) is 5. The molecule has 0 saturated carbocycles. The monoisotopic (exact) mass is 341 g/mol. The number of hydrogen-bond acceptors (Lipinski definition) is 4. The first kappa shape index (κ1) is 22.8. The van der Waals surface area contributed by atoms with Crippen LogP contribution in [0.2, 0.25) is 0 Å². The van der Waals surface area contributed by atoms with Gasteiger partial charge in [-0.25, -0.2) is 0 Å². The van der Waals surface area contributed by atoms with E-state index < -0.39 is 23.8 Å². The number of Topliss-reactive ketones (excluding diaryl/α,β-unsaturated/α-hetero) is 1. The van der Waals surface area contributed by atoms with Crippen LogP contribution in [0.25, 0.3) is 0 Å². The van der Waals surface area contributed by atoms with Gasteiger partial charge < -0.3 is 19.5 Å². The maximum Gasteiger partial charge on any atom is 0.177 e. The Bertz CT molecular complexity index is 412. The van der Waals surface area contributed by atoms with Gasteiger partial charge in [-0.05, 0) is 25.7 Å². The molecule has 0 spiro atoms. The highest BCUT2D eigenvalue weighted by atomic mass is 16.4. The number of carbonyl (C=O) groups is 2. The molecule has 0 heterocycles. The second-order valence-electron chi connectivity index (χ2n) is 7.66. The van der Waals surface area contributed by atoms with Crippen LogP contribution in [0.1, 0.15) is 64.7 Å². The quantitative estimate of drug-likeness (QED) is 0.297. The summed E-state index contributed by atoms with van der Waals surface area (Å²) in [7, 11) is 5.45. The molecule has 5 nitrogen and oxygen atoms in total. The number of carbonyl (C=O) groups excluding carboxylic acids is 2. The van der Waals surface area contributed by atoms with Crippen molar-refractivity contribution in [3.8, 4) is 0 Å². The van der Waals surface area contributed by atoms with Crippen molar-refractivity contribution in [2.24, 2.45) is 0 Å². The Balaban J connectivity index is 4.24. The second kappa shape index (κ2) is 11.4. The van der Waals surface area contributed by atoms with Crippen LogP contribution in [0, 0.1) is 0 Å². The molecule has 0 rings (SSSR count). The maximum absolute atomic E-state index is 12.3. The fourth-order valence-electron chi connectivity index (χ4n) is 2.78. The summed E-state index contributed by atoms with van der Waals surface area (Å²) in [6.07, 6.45) is 11.1. The molecule has 0 aromatic rings. The number of likely N-dealkylation sites (N-methyl/N-ethyl adjacent to an activating group) is 1. The molecule has 1 atom stereocenters. The molecule has 1 N–H and O–H groups in total. The van der Waals surface area contributed by atoms with E-state index in [1.807, 2.05) is 21.1 Å². The Kier molecular flexibility index (Phi) is 10.8. The van der Waals surface area contributed by atoms with Crippen LogP contribution in [-0.4, -0.2) is 54.6 Å². The number of carboxylic acids is 1. The Hall–Kier alpha value is -1.20. The molecule has 0 aliphatic heterocycles. The van der Waals surface area contributed by atoms with E-state index in [-0.39, 0.29) is 13.0 Å². The maximum atomic E-state index is 12.3. The third-order valence-corrected chi connectivity index (χ3v) is 3.86.